The summed E-state index contributed by atoms with van der Waals surface area (Å²) in [4.78, 5) is 3.95. The van der Waals surface area contributed by atoms with Crippen LogP contribution in [0.1, 0.15) is 6.92 Å². The summed E-state index contributed by atoms with van der Waals surface area (Å²) in [6.07, 6.45) is 0. The standard InChI is InChI=1S/C4H6NS/c1-4-2-6-3-5-4/h4H,2H2,1H3. The molecule has 6 heavy (non-hydrogen) atoms. The van der Waals surface area contributed by atoms with Crippen molar-refractivity contribution >= 4 is 17.3 Å². The minimum absolute atomic E-state index is 0.523. The Bertz CT molecular complexity index is 69.9. The average molecular weight is 100 g/mol. The van der Waals surface area contributed by atoms with Crippen LogP contribution in [-0.4, -0.2) is 17.3 Å². The average Bonchev–Trinajstić information content (AvgIpc) is 1.86. The van der Waals surface area contributed by atoms with E-state index in [1.165, 1.54) is 0 Å². The van der Waals surface area contributed by atoms with Gasteiger partial charge in [-0.15, -0.1) is 11.8 Å². The highest BCUT2D eigenvalue weighted by Gasteiger charge is 2.01. The maximum Gasteiger partial charge on any atom is 0.123 e. The molecule has 1 unspecified atom stereocenters. The highest BCUT2D eigenvalue weighted by atomic mass is 32.2. The Morgan fingerprint density at radius 1 is 2.00 bits per heavy atom. The number of aliphatic imine (C=N–C) groups is 1. The van der Waals surface area contributed by atoms with Crippen LogP contribution in [-0.2, 0) is 0 Å². The zero-order valence-corrected chi connectivity index (χ0v) is 4.46. The van der Waals surface area contributed by atoms with Gasteiger partial charge in [0.15, 0.2) is 0 Å². The van der Waals surface area contributed by atoms with Gasteiger partial charge in [0.25, 0.3) is 0 Å². The fraction of sp³-hybridized carbons (Fsp3) is 0.750. The van der Waals surface area contributed by atoms with Crippen LogP contribution in [0.5, 0.6) is 0 Å². The molecule has 1 heterocycles. The minimum Gasteiger partial charge on any atom is -0.272 e. The monoisotopic (exact) mass is 100 g/mol. The second-order valence-corrected chi connectivity index (χ2v) is 2.18. The molecule has 1 aliphatic rings. The summed E-state index contributed by atoms with van der Waals surface area (Å²) in [5.74, 6) is 1.12. The van der Waals surface area contributed by atoms with E-state index in [4.69, 9.17) is 0 Å². The molecule has 1 rings (SSSR count). The van der Waals surface area contributed by atoms with Crippen molar-refractivity contribution in [2.45, 2.75) is 13.0 Å². The van der Waals surface area contributed by atoms with E-state index in [-0.39, 0.29) is 0 Å². The summed E-state index contributed by atoms with van der Waals surface area (Å²) in [5, 5.41) is 0. The third kappa shape index (κ3) is 0.744. The van der Waals surface area contributed by atoms with E-state index in [0.29, 0.717) is 6.04 Å². The Morgan fingerprint density at radius 2 is 2.83 bits per heavy atom. The molecule has 0 aromatic carbocycles. The first-order valence-corrected chi connectivity index (χ1v) is 2.95. The summed E-state index contributed by atoms with van der Waals surface area (Å²) >= 11 is 1.67. The molecular weight excluding hydrogens is 94.1 g/mol. The number of rotatable bonds is 0. The van der Waals surface area contributed by atoms with Crippen LogP contribution in [0.4, 0.5) is 0 Å². The van der Waals surface area contributed by atoms with Crippen molar-refractivity contribution in [1.82, 2.24) is 0 Å². The highest BCUT2D eigenvalue weighted by Crippen LogP contribution is 2.08. The quantitative estimate of drug-likeness (QED) is 0.443. The van der Waals surface area contributed by atoms with Crippen LogP contribution in [0, 0.1) is 0 Å². The molecule has 1 nitrogen and oxygen atoms in total. The highest BCUT2D eigenvalue weighted by molar-refractivity contribution is 8.12. The topological polar surface area (TPSA) is 12.4 Å². The molecule has 0 saturated carbocycles. The summed E-state index contributed by atoms with van der Waals surface area (Å²) < 4.78 is 0. The second kappa shape index (κ2) is 1.65. The fourth-order valence-corrected chi connectivity index (χ4v) is 0.967. The summed E-state index contributed by atoms with van der Waals surface area (Å²) in [5.41, 5.74) is 2.81. The van der Waals surface area contributed by atoms with Crippen LogP contribution in [0.25, 0.3) is 0 Å². The molecular formula is C4H6NS. The molecule has 2 heteroatoms. The zero-order valence-electron chi connectivity index (χ0n) is 3.64. The molecule has 0 bridgehead atoms. The Morgan fingerprint density at radius 3 is 3.00 bits per heavy atom. The minimum atomic E-state index is 0.523. The molecule has 33 valence electrons. The van der Waals surface area contributed by atoms with Crippen LogP contribution < -0.4 is 0 Å². The normalized spacial score (nSPS) is 31.8. The first-order valence-electron chi connectivity index (χ1n) is 1.96. The molecule has 1 radical (unpaired) electrons. The lowest BCUT2D eigenvalue weighted by atomic mass is 10.4. The SMILES string of the molecule is CC1CS[C]=N1. The van der Waals surface area contributed by atoms with Crippen molar-refractivity contribution in [3.63, 3.8) is 0 Å². The van der Waals surface area contributed by atoms with Gasteiger partial charge in [-0.1, -0.05) is 0 Å². The predicted octanol–water partition coefficient (Wildman–Crippen LogP) is 1.03. The van der Waals surface area contributed by atoms with Gasteiger partial charge >= 0.3 is 0 Å². The van der Waals surface area contributed by atoms with Crippen LogP contribution >= 0.6 is 11.8 Å². The maximum atomic E-state index is 3.95. The third-order valence-corrected chi connectivity index (χ3v) is 1.55. The molecule has 0 aromatic heterocycles. The lowest BCUT2D eigenvalue weighted by molar-refractivity contribution is 0.868. The van der Waals surface area contributed by atoms with E-state index >= 15 is 0 Å². The Labute approximate surface area is 41.8 Å². The van der Waals surface area contributed by atoms with Gasteiger partial charge < -0.3 is 0 Å². The Hall–Kier alpha value is 0.0200. The summed E-state index contributed by atoms with van der Waals surface area (Å²) in [7, 11) is 0. The molecule has 1 aliphatic heterocycles. The van der Waals surface area contributed by atoms with Gasteiger partial charge in [-0.05, 0) is 6.92 Å². The van der Waals surface area contributed by atoms with Crippen molar-refractivity contribution in [3.8, 4) is 0 Å². The van der Waals surface area contributed by atoms with Crippen molar-refractivity contribution in [2.75, 3.05) is 5.75 Å². The molecule has 0 aliphatic carbocycles. The van der Waals surface area contributed by atoms with Crippen LogP contribution in [0.2, 0.25) is 0 Å². The molecule has 1 atom stereocenters. The summed E-state index contributed by atoms with van der Waals surface area (Å²) in [6.45, 7) is 2.09. The number of thioether (sulfide) groups is 1. The molecule has 0 amide bonds. The van der Waals surface area contributed by atoms with Gasteiger partial charge in [0.05, 0.1) is 6.04 Å². The number of nitrogens with zero attached hydrogens (tertiary/aromatic N) is 1. The Kier molecular flexibility index (Phi) is 1.15. The fourth-order valence-electron chi connectivity index (χ4n) is 0.322. The van der Waals surface area contributed by atoms with E-state index in [1.54, 1.807) is 11.8 Å². The maximum absolute atomic E-state index is 3.95. The Balaban J connectivity index is 2.38. The van der Waals surface area contributed by atoms with Gasteiger partial charge in [0.2, 0.25) is 0 Å². The molecule has 0 fully saturated rings. The number of hydrogen-bond acceptors (Lipinski definition) is 2. The van der Waals surface area contributed by atoms with E-state index in [2.05, 4.69) is 17.5 Å². The predicted molar refractivity (Wildman–Crippen MR) is 29.4 cm³/mol. The van der Waals surface area contributed by atoms with E-state index in [0.717, 1.165) is 5.75 Å². The van der Waals surface area contributed by atoms with Gasteiger partial charge in [-0.3, -0.25) is 4.99 Å². The lowest BCUT2D eigenvalue weighted by Crippen LogP contribution is -1.92. The van der Waals surface area contributed by atoms with Gasteiger partial charge in [0.1, 0.15) is 5.55 Å². The van der Waals surface area contributed by atoms with Gasteiger partial charge in [-0.2, -0.15) is 0 Å². The van der Waals surface area contributed by atoms with E-state index in [9.17, 15) is 0 Å². The smallest absolute Gasteiger partial charge is 0.123 e. The summed E-state index contributed by atoms with van der Waals surface area (Å²) in [6, 6.07) is 0.523. The van der Waals surface area contributed by atoms with Crippen LogP contribution in [0.3, 0.4) is 0 Å². The molecule has 0 spiro atoms. The first-order chi connectivity index (χ1) is 2.89. The molecule has 0 saturated heterocycles. The lowest BCUT2D eigenvalue weighted by Gasteiger charge is -1.87. The second-order valence-electron chi connectivity index (χ2n) is 1.38. The van der Waals surface area contributed by atoms with Crippen LogP contribution in [0.15, 0.2) is 4.99 Å². The van der Waals surface area contributed by atoms with Crippen molar-refractivity contribution < 1.29 is 0 Å². The van der Waals surface area contributed by atoms with E-state index < -0.39 is 0 Å². The van der Waals surface area contributed by atoms with Gasteiger partial charge in [0, 0.05) is 5.75 Å². The third-order valence-electron chi connectivity index (χ3n) is 0.662. The number of hydrogen-bond donors (Lipinski definition) is 0. The van der Waals surface area contributed by atoms with Crippen molar-refractivity contribution in [2.24, 2.45) is 4.99 Å². The van der Waals surface area contributed by atoms with Crippen molar-refractivity contribution in [3.05, 3.63) is 0 Å². The van der Waals surface area contributed by atoms with Crippen molar-refractivity contribution in [1.29, 1.82) is 0 Å². The van der Waals surface area contributed by atoms with Gasteiger partial charge in [-0.25, -0.2) is 0 Å². The largest absolute Gasteiger partial charge is 0.272 e. The first kappa shape index (κ1) is 4.19. The molecule has 0 N–H and O–H groups in total. The van der Waals surface area contributed by atoms with E-state index in [1.807, 2.05) is 0 Å². The molecule has 0 aromatic rings. The zero-order chi connectivity index (χ0) is 4.41.